The van der Waals surface area contributed by atoms with Crippen molar-refractivity contribution in [2.24, 2.45) is 0 Å². The second kappa shape index (κ2) is 5.75. The zero-order chi connectivity index (χ0) is 12.1. The standard InChI is InChI=1S/C11H9BrN4S/c12-11-9(2-4-17-11)1-3-14-10-5-8(6-13)7-15-16-10/h2,4-5,7H,1,3H2,(H,14,16). The highest BCUT2D eigenvalue weighted by Gasteiger charge is 2.01. The molecule has 0 bridgehead atoms. The maximum absolute atomic E-state index is 8.72. The van der Waals surface area contributed by atoms with Crippen molar-refractivity contribution < 1.29 is 0 Å². The molecule has 0 amide bonds. The highest BCUT2D eigenvalue weighted by molar-refractivity contribution is 9.11. The molecule has 17 heavy (non-hydrogen) atoms. The Bertz CT molecular complexity index is 546. The van der Waals surface area contributed by atoms with Crippen LogP contribution in [0, 0.1) is 11.3 Å². The molecule has 2 heterocycles. The lowest BCUT2D eigenvalue weighted by Gasteiger charge is -2.04. The first-order valence-electron chi connectivity index (χ1n) is 4.98. The molecule has 86 valence electrons. The normalized spacial score (nSPS) is 9.88. The Balaban J connectivity index is 1.90. The predicted molar refractivity (Wildman–Crippen MR) is 71.0 cm³/mol. The highest BCUT2D eigenvalue weighted by Crippen LogP contribution is 2.23. The molecule has 0 aliphatic carbocycles. The van der Waals surface area contributed by atoms with E-state index in [4.69, 9.17) is 5.26 Å². The van der Waals surface area contributed by atoms with Crippen LogP contribution in [0.4, 0.5) is 5.82 Å². The molecular formula is C11H9BrN4S. The van der Waals surface area contributed by atoms with Gasteiger partial charge in [0.25, 0.3) is 0 Å². The first-order valence-corrected chi connectivity index (χ1v) is 6.65. The fraction of sp³-hybridized carbons (Fsp3) is 0.182. The van der Waals surface area contributed by atoms with Gasteiger partial charge in [-0.3, -0.25) is 0 Å². The largest absolute Gasteiger partial charge is 0.368 e. The summed E-state index contributed by atoms with van der Waals surface area (Å²) < 4.78 is 1.16. The molecule has 0 aliphatic rings. The Labute approximate surface area is 111 Å². The monoisotopic (exact) mass is 308 g/mol. The number of rotatable bonds is 4. The number of hydrogen-bond acceptors (Lipinski definition) is 5. The maximum Gasteiger partial charge on any atom is 0.149 e. The van der Waals surface area contributed by atoms with Crippen LogP contribution in [-0.2, 0) is 6.42 Å². The lowest BCUT2D eigenvalue weighted by molar-refractivity contribution is 0.965. The van der Waals surface area contributed by atoms with Crippen LogP contribution >= 0.6 is 27.3 Å². The molecule has 0 saturated carbocycles. The summed E-state index contributed by atoms with van der Waals surface area (Å²) in [4.78, 5) is 0. The molecule has 0 unspecified atom stereocenters. The number of halogens is 1. The van der Waals surface area contributed by atoms with E-state index in [1.807, 2.05) is 6.07 Å². The zero-order valence-electron chi connectivity index (χ0n) is 8.85. The first kappa shape index (κ1) is 12.0. The number of hydrogen-bond donors (Lipinski definition) is 1. The van der Waals surface area contributed by atoms with Crippen LogP contribution in [-0.4, -0.2) is 16.7 Å². The second-order valence-electron chi connectivity index (χ2n) is 3.34. The lowest BCUT2D eigenvalue weighted by Crippen LogP contribution is -2.06. The maximum atomic E-state index is 8.72. The molecule has 2 rings (SSSR count). The Hall–Kier alpha value is -1.45. The van der Waals surface area contributed by atoms with Gasteiger partial charge < -0.3 is 5.32 Å². The van der Waals surface area contributed by atoms with E-state index < -0.39 is 0 Å². The van der Waals surface area contributed by atoms with E-state index in [0.29, 0.717) is 11.4 Å². The van der Waals surface area contributed by atoms with Crippen LogP contribution in [0.1, 0.15) is 11.1 Å². The van der Waals surface area contributed by atoms with Gasteiger partial charge in [-0.25, -0.2) is 0 Å². The molecule has 1 N–H and O–H groups in total. The van der Waals surface area contributed by atoms with E-state index in [1.54, 1.807) is 17.4 Å². The third-order valence-electron chi connectivity index (χ3n) is 2.18. The van der Waals surface area contributed by atoms with E-state index in [1.165, 1.54) is 11.8 Å². The number of aromatic nitrogens is 2. The molecule has 2 aromatic heterocycles. The van der Waals surface area contributed by atoms with Crippen LogP contribution < -0.4 is 5.32 Å². The van der Waals surface area contributed by atoms with Crippen molar-refractivity contribution in [1.29, 1.82) is 5.26 Å². The number of nitriles is 1. The van der Waals surface area contributed by atoms with Crippen LogP contribution in [0.2, 0.25) is 0 Å². The average Bonchev–Trinajstić information content (AvgIpc) is 2.76. The number of thiophene rings is 1. The van der Waals surface area contributed by atoms with E-state index in [-0.39, 0.29) is 0 Å². The van der Waals surface area contributed by atoms with Gasteiger partial charge in [-0.2, -0.15) is 10.4 Å². The summed E-state index contributed by atoms with van der Waals surface area (Å²) in [5.74, 6) is 0.635. The van der Waals surface area contributed by atoms with Gasteiger partial charge >= 0.3 is 0 Å². The highest BCUT2D eigenvalue weighted by atomic mass is 79.9. The molecule has 0 aromatic carbocycles. The van der Waals surface area contributed by atoms with Crippen molar-refractivity contribution in [1.82, 2.24) is 10.2 Å². The number of anilines is 1. The summed E-state index contributed by atoms with van der Waals surface area (Å²) >= 11 is 5.17. The lowest BCUT2D eigenvalue weighted by atomic mass is 10.2. The van der Waals surface area contributed by atoms with Gasteiger partial charge in [0.05, 0.1) is 15.5 Å². The molecular weight excluding hydrogens is 300 g/mol. The minimum atomic E-state index is 0.513. The molecule has 0 saturated heterocycles. The van der Waals surface area contributed by atoms with Gasteiger partial charge in [-0.15, -0.1) is 16.4 Å². The topological polar surface area (TPSA) is 61.6 Å². The van der Waals surface area contributed by atoms with Gasteiger partial charge in [-0.1, -0.05) is 0 Å². The third-order valence-corrected chi connectivity index (χ3v) is 3.99. The Morgan fingerprint density at radius 2 is 2.41 bits per heavy atom. The Morgan fingerprint density at radius 1 is 1.53 bits per heavy atom. The SMILES string of the molecule is N#Cc1cnnc(NCCc2ccsc2Br)c1. The van der Waals surface area contributed by atoms with Gasteiger partial charge in [0.2, 0.25) is 0 Å². The van der Waals surface area contributed by atoms with Crippen molar-refractivity contribution in [3.8, 4) is 6.07 Å². The van der Waals surface area contributed by atoms with E-state index in [9.17, 15) is 0 Å². The van der Waals surface area contributed by atoms with Crippen LogP contribution in [0.25, 0.3) is 0 Å². The molecule has 6 heteroatoms. The van der Waals surface area contributed by atoms with Gasteiger partial charge in [-0.05, 0) is 39.4 Å². The molecule has 0 spiro atoms. The van der Waals surface area contributed by atoms with E-state index in [2.05, 4.69) is 42.9 Å². The smallest absolute Gasteiger partial charge is 0.149 e. The summed E-state index contributed by atoms with van der Waals surface area (Å²) in [6.45, 7) is 0.763. The fourth-order valence-corrected chi connectivity index (χ4v) is 2.67. The quantitative estimate of drug-likeness (QED) is 0.943. The summed E-state index contributed by atoms with van der Waals surface area (Å²) in [5, 5.41) is 21.6. The first-order chi connectivity index (χ1) is 8.29. The zero-order valence-corrected chi connectivity index (χ0v) is 11.3. The number of nitrogens with zero attached hydrogens (tertiary/aromatic N) is 3. The van der Waals surface area contributed by atoms with Crippen molar-refractivity contribution >= 4 is 33.1 Å². The average molecular weight is 309 g/mol. The predicted octanol–water partition coefficient (Wildman–Crippen LogP) is 2.83. The number of nitrogens with one attached hydrogen (secondary N) is 1. The molecule has 2 aromatic rings. The van der Waals surface area contributed by atoms with Crippen LogP contribution in [0.3, 0.4) is 0 Å². The van der Waals surface area contributed by atoms with Crippen molar-refractivity contribution in [2.45, 2.75) is 6.42 Å². The van der Waals surface area contributed by atoms with Crippen LogP contribution in [0.15, 0.2) is 27.5 Å². The van der Waals surface area contributed by atoms with Gasteiger partial charge in [0.15, 0.2) is 0 Å². The molecule has 0 fully saturated rings. The van der Waals surface area contributed by atoms with Crippen molar-refractivity contribution in [3.05, 3.63) is 38.6 Å². The fourth-order valence-electron chi connectivity index (χ4n) is 1.34. The molecule has 0 atom stereocenters. The Morgan fingerprint density at radius 3 is 3.12 bits per heavy atom. The van der Waals surface area contributed by atoms with Crippen molar-refractivity contribution in [2.75, 3.05) is 11.9 Å². The van der Waals surface area contributed by atoms with Crippen molar-refractivity contribution in [3.63, 3.8) is 0 Å². The Kier molecular flexibility index (Phi) is 4.07. The second-order valence-corrected chi connectivity index (χ2v) is 5.57. The summed E-state index contributed by atoms with van der Waals surface area (Å²) in [7, 11) is 0. The van der Waals surface area contributed by atoms with E-state index in [0.717, 1.165) is 16.8 Å². The molecule has 0 aliphatic heterocycles. The van der Waals surface area contributed by atoms with Crippen LogP contribution in [0.5, 0.6) is 0 Å². The third kappa shape index (κ3) is 3.25. The summed E-state index contributed by atoms with van der Waals surface area (Å²) in [6.07, 6.45) is 2.35. The molecule has 0 radical (unpaired) electrons. The van der Waals surface area contributed by atoms with Gasteiger partial charge in [0, 0.05) is 12.6 Å². The van der Waals surface area contributed by atoms with E-state index >= 15 is 0 Å². The minimum Gasteiger partial charge on any atom is -0.368 e. The minimum absolute atomic E-state index is 0.513. The summed E-state index contributed by atoms with van der Waals surface area (Å²) in [6, 6.07) is 5.81. The summed E-state index contributed by atoms with van der Waals surface area (Å²) in [5.41, 5.74) is 1.78. The molecule has 4 nitrogen and oxygen atoms in total. The van der Waals surface area contributed by atoms with Gasteiger partial charge in [0.1, 0.15) is 11.9 Å².